The molecule has 0 N–H and O–H groups in total. The Morgan fingerprint density at radius 2 is 1.84 bits per heavy atom. The van der Waals surface area contributed by atoms with Crippen LogP contribution in [0, 0.1) is 17.8 Å². The Labute approximate surface area is 156 Å². The highest BCUT2D eigenvalue weighted by molar-refractivity contribution is 5.29. The van der Waals surface area contributed by atoms with Crippen molar-refractivity contribution >= 4 is 0 Å². The van der Waals surface area contributed by atoms with E-state index < -0.39 is 0 Å². The Kier molecular flexibility index (Phi) is 6.31. The Hall–Kier alpha value is -1.17. The summed E-state index contributed by atoms with van der Waals surface area (Å²) in [5, 5.41) is 0. The van der Waals surface area contributed by atoms with E-state index in [4.69, 9.17) is 0 Å². The Balaban J connectivity index is 1.43. The van der Waals surface area contributed by atoms with Crippen LogP contribution in [0.25, 0.3) is 0 Å². The fourth-order valence-electron chi connectivity index (χ4n) is 4.83. The second-order valence-electron chi connectivity index (χ2n) is 9.14. The molecular weight excluding hydrogens is 300 g/mol. The second-order valence-corrected chi connectivity index (χ2v) is 9.14. The predicted octanol–water partition coefficient (Wildman–Crippen LogP) is 7.89. The summed E-state index contributed by atoms with van der Waals surface area (Å²) in [4.78, 5) is 0. The van der Waals surface area contributed by atoms with E-state index in [2.05, 4.69) is 51.5 Å². The van der Waals surface area contributed by atoms with E-state index in [-0.39, 0.29) is 0 Å². The third-order valence-corrected chi connectivity index (χ3v) is 6.84. The van der Waals surface area contributed by atoms with Gasteiger partial charge >= 0.3 is 0 Å². The number of hydrogen-bond acceptors (Lipinski definition) is 0. The molecule has 0 amide bonds. The van der Waals surface area contributed by atoms with Crippen molar-refractivity contribution in [3.8, 4) is 0 Å². The van der Waals surface area contributed by atoms with Crippen molar-refractivity contribution in [3.05, 3.63) is 53.0 Å². The summed E-state index contributed by atoms with van der Waals surface area (Å²) in [6.45, 7) is 7.08. The molecule has 0 bridgehead atoms. The lowest BCUT2D eigenvalue weighted by atomic mass is 9.68. The first-order valence-corrected chi connectivity index (χ1v) is 10.6. The summed E-state index contributed by atoms with van der Waals surface area (Å²) in [6.07, 6.45) is 26.7. The Morgan fingerprint density at radius 1 is 1.08 bits per heavy atom. The summed E-state index contributed by atoms with van der Waals surface area (Å²) in [7, 11) is 0. The highest BCUT2D eigenvalue weighted by Crippen LogP contribution is 2.45. The van der Waals surface area contributed by atoms with Gasteiger partial charge in [0.25, 0.3) is 0 Å². The minimum atomic E-state index is 0.586. The predicted molar refractivity (Wildman–Crippen MR) is 110 cm³/mol. The topological polar surface area (TPSA) is 0 Å². The summed E-state index contributed by atoms with van der Waals surface area (Å²) >= 11 is 0. The van der Waals surface area contributed by atoms with Gasteiger partial charge in [-0.2, -0.15) is 0 Å². The van der Waals surface area contributed by atoms with Gasteiger partial charge in [0.05, 0.1) is 6.08 Å². The van der Waals surface area contributed by atoms with Gasteiger partial charge in [-0.05, 0) is 81.6 Å². The third-order valence-electron chi connectivity index (χ3n) is 6.84. The van der Waals surface area contributed by atoms with Crippen LogP contribution in [0.3, 0.4) is 0 Å². The van der Waals surface area contributed by atoms with E-state index in [0.29, 0.717) is 5.41 Å². The molecular formula is C25H37+. The van der Waals surface area contributed by atoms with E-state index in [0.717, 1.165) is 5.92 Å². The third kappa shape index (κ3) is 5.40. The van der Waals surface area contributed by atoms with Crippen molar-refractivity contribution in [1.29, 1.82) is 0 Å². The molecule has 0 heterocycles. The zero-order valence-corrected chi connectivity index (χ0v) is 16.7. The van der Waals surface area contributed by atoms with E-state index in [1.165, 1.54) is 76.2 Å². The van der Waals surface area contributed by atoms with Gasteiger partial charge in [0.1, 0.15) is 5.57 Å². The maximum Gasteiger partial charge on any atom is 0.106 e. The first-order valence-electron chi connectivity index (χ1n) is 10.6. The van der Waals surface area contributed by atoms with E-state index >= 15 is 0 Å². The highest BCUT2D eigenvalue weighted by atomic mass is 14.4. The monoisotopic (exact) mass is 337 g/mol. The number of hydrogen-bond donors (Lipinski definition) is 0. The molecule has 0 heteroatoms. The summed E-state index contributed by atoms with van der Waals surface area (Å²) in [5.41, 5.74) is 7.02. The summed E-state index contributed by atoms with van der Waals surface area (Å²) in [5.74, 6) is 0.945. The molecule has 25 heavy (non-hydrogen) atoms. The molecule has 0 aromatic carbocycles. The lowest BCUT2D eigenvalue weighted by Crippen LogP contribution is -2.25. The molecule has 0 spiro atoms. The van der Waals surface area contributed by atoms with Gasteiger partial charge in [-0.15, -0.1) is 0 Å². The lowest BCUT2D eigenvalue weighted by Gasteiger charge is -2.38. The minimum Gasteiger partial charge on any atom is -0.0693 e. The lowest BCUT2D eigenvalue weighted by molar-refractivity contribution is 0.156. The maximum absolute atomic E-state index is 2.56. The molecule has 0 radical (unpaired) electrons. The van der Waals surface area contributed by atoms with Crippen LogP contribution in [0.15, 0.2) is 46.6 Å². The zero-order chi connectivity index (χ0) is 17.7. The highest BCUT2D eigenvalue weighted by Gasteiger charge is 2.31. The molecule has 0 saturated heterocycles. The van der Waals surface area contributed by atoms with Gasteiger partial charge in [-0.1, -0.05) is 37.1 Å². The quantitative estimate of drug-likeness (QED) is 0.432. The van der Waals surface area contributed by atoms with Crippen LogP contribution in [-0.2, 0) is 0 Å². The average Bonchev–Trinajstić information content (AvgIpc) is 2.88. The van der Waals surface area contributed by atoms with Gasteiger partial charge in [0.2, 0.25) is 0 Å². The average molecular weight is 338 g/mol. The Bertz CT molecular complexity index is 573. The Morgan fingerprint density at radius 3 is 2.52 bits per heavy atom. The molecule has 0 unspecified atom stereocenters. The fourth-order valence-corrected chi connectivity index (χ4v) is 4.83. The van der Waals surface area contributed by atoms with Gasteiger partial charge in [0, 0.05) is 25.3 Å². The smallest absolute Gasteiger partial charge is 0.0693 e. The van der Waals surface area contributed by atoms with Gasteiger partial charge in [-0.3, -0.25) is 0 Å². The van der Waals surface area contributed by atoms with Gasteiger partial charge < -0.3 is 0 Å². The second kappa shape index (κ2) is 8.47. The summed E-state index contributed by atoms with van der Waals surface area (Å²) < 4.78 is 0. The molecule has 1 saturated carbocycles. The van der Waals surface area contributed by atoms with Crippen molar-refractivity contribution in [2.75, 3.05) is 0 Å². The molecule has 3 rings (SSSR count). The van der Waals surface area contributed by atoms with Crippen molar-refractivity contribution < 1.29 is 0 Å². The van der Waals surface area contributed by atoms with Crippen molar-refractivity contribution in [2.45, 2.75) is 91.4 Å². The van der Waals surface area contributed by atoms with Crippen LogP contribution in [0.4, 0.5) is 0 Å². The van der Waals surface area contributed by atoms with Crippen LogP contribution in [-0.4, -0.2) is 0 Å². The van der Waals surface area contributed by atoms with Crippen molar-refractivity contribution in [3.63, 3.8) is 0 Å². The summed E-state index contributed by atoms with van der Waals surface area (Å²) in [6, 6.07) is 0. The molecule has 3 aliphatic rings. The first kappa shape index (κ1) is 18.6. The van der Waals surface area contributed by atoms with Crippen LogP contribution in [0.5, 0.6) is 0 Å². The zero-order valence-electron chi connectivity index (χ0n) is 16.7. The van der Waals surface area contributed by atoms with Crippen molar-refractivity contribution in [2.24, 2.45) is 11.3 Å². The molecule has 0 aromatic rings. The molecule has 0 aromatic heterocycles. The van der Waals surface area contributed by atoms with Gasteiger partial charge in [-0.25, -0.2) is 0 Å². The fraction of sp³-hybridized carbons (Fsp3) is 0.640. The normalized spacial score (nSPS) is 30.0. The first-order chi connectivity index (χ1) is 12.1. The van der Waals surface area contributed by atoms with Crippen LogP contribution in [0.2, 0.25) is 0 Å². The van der Waals surface area contributed by atoms with E-state index in [9.17, 15) is 0 Å². The molecule has 0 atom stereocenters. The van der Waals surface area contributed by atoms with E-state index in [1.807, 2.05) is 0 Å². The minimum absolute atomic E-state index is 0.586. The molecule has 0 aliphatic heterocycles. The van der Waals surface area contributed by atoms with Crippen molar-refractivity contribution in [1.82, 2.24) is 0 Å². The molecule has 0 nitrogen and oxygen atoms in total. The molecule has 136 valence electrons. The molecule has 1 fully saturated rings. The number of rotatable bonds is 6. The van der Waals surface area contributed by atoms with Gasteiger partial charge in [0.15, 0.2) is 0 Å². The van der Waals surface area contributed by atoms with E-state index in [1.54, 1.807) is 16.7 Å². The van der Waals surface area contributed by atoms with Crippen LogP contribution < -0.4 is 0 Å². The molecule has 3 aliphatic carbocycles. The SMILES string of the molecule is CCC1=CC=C(CCC2(C)CCC(CC3=CC=C(C)C3)CC2)CC[CH+]1. The van der Waals surface area contributed by atoms with Crippen LogP contribution in [0.1, 0.15) is 91.4 Å². The standard InChI is InChI=1S/C25H37/c1-4-21-6-5-7-22(11-10-21)12-15-25(3)16-13-23(14-17-25)19-24-9-8-20(2)18-24/h6,8-11,23H,4-5,7,12-19H2,1-3H3/q+1. The van der Waals surface area contributed by atoms with Crippen LogP contribution >= 0.6 is 0 Å². The maximum atomic E-state index is 2.56. The number of allylic oxidation sites excluding steroid dienone is 8. The largest absolute Gasteiger partial charge is 0.106 e.